The molecule has 0 aliphatic carbocycles. The number of hydrogen-bond acceptors (Lipinski definition) is 5. The van der Waals surface area contributed by atoms with Crippen LogP contribution in [0.15, 0.2) is 58.2 Å². The molecule has 0 saturated carbocycles. The van der Waals surface area contributed by atoms with Crippen molar-refractivity contribution < 1.29 is 18.0 Å². The molecule has 0 spiro atoms. The second-order valence-corrected chi connectivity index (χ2v) is 13.7. The monoisotopic (exact) mass is 677 g/mol. The molecule has 1 aromatic heterocycles. The highest BCUT2D eigenvalue weighted by Crippen LogP contribution is 2.45. The number of benzene rings is 2. The second-order valence-electron chi connectivity index (χ2n) is 10.1. The normalized spacial score (nSPS) is 19.3. The summed E-state index contributed by atoms with van der Waals surface area (Å²) < 4.78 is 31.8. The number of amides is 2. The van der Waals surface area contributed by atoms with Crippen LogP contribution in [0, 0.1) is 12.3 Å². The molecular weight excluding hydrogens is 653 g/mol. The zero-order valence-electron chi connectivity index (χ0n) is 22.1. The van der Waals surface area contributed by atoms with Crippen molar-refractivity contribution in [2.45, 2.75) is 36.8 Å². The number of nitrogens with zero attached hydrogens (tertiary/aromatic N) is 5. The summed E-state index contributed by atoms with van der Waals surface area (Å²) in [5.74, 6) is 2.13. The number of anilines is 2. The standard InChI is InChI=1S/C28H26BrCl2N5O4S/c1-3-4-5-24(37)33-10-12-34(13-11-33)41(39,40)25-18-32-27-35(23-15-21(30)14-22(31)16-23)26(38)28(2,36(25)27)17-19-6-8-20(29)9-7-19/h1,6-9,14-16,18H,4-5,10-13,17H2,2H3. The lowest BCUT2D eigenvalue weighted by Gasteiger charge is -2.34. The molecular formula is C28H26BrCl2N5O4S. The summed E-state index contributed by atoms with van der Waals surface area (Å²) in [5, 5.41) is 0.535. The van der Waals surface area contributed by atoms with Gasteiger partial charge >= 0.3 is 0 Å². The predicted octanol–water partition coefficient (Wildman–Crippen LogP) is 4.83. The Morgan fingerprint density at radius 2 is 1.73 bits per heavy atom. The zero-order valence-corrected chi connectivity index (χ0v) is 26.0. The smallest absolute Gasteiger partial charge is 0.260 e. The van der Waals surface area contributed by atoms with E-state index >= 15 is 0 Å². The Morgan fingerprint density at radius 1 is 1.10 bits per heavy atom. The lowest BCUT2D eigenvalue weighted by Crippen LogP contribution is -2.51. The third kappa shape index (κ3) is 5.51. The molecule has 2 aliphatic rings. The van der Waals surface area contributed by atoms with E-state index in [0.717, 1.165) is 10.0 Å². The van der Waals surface area contributed by atoms with Crippen molar-refractivity contribution in [2.24, 2.45) is 0 Å². The van der Waals surface area contributed by atoms with Crippen LogP contribution in [-0.4, -0.2) is 65.2 Å². The van der Waals surface area contributed by atoms with Crippen molar-refractivity contribution in [1.82, 2.24) is 18.8 Å². The van der Waals surface area contributed by atoms with Gasteiger partial charge in [0.25, 0.3) is 15.9 Å². The van der Waals surface area contributed by atoms with Crippen LogP contribution in [0.5, 0.6) is 0 Å². The van der Waals surface area contributed by atoms with Crippen LogP contribution in [0.2, 0.25) is 10.0 Å². The number of halogens is 3. The summed E-state index contributed by atoms with van der Waals surface area (Å²) in [5.41, 5.74) is -0.136. The number of fused-ring (bicyclic) bond motifs is 1. The van der Waals surface area contributed by atoms with E-state index in [1.807, 2.05) is 24.3 Å². The van der Waals surface area contributed by atoms with Gasteiger partial charge in [-0.25, -0.2) is 18.3 Å². The molecule has 41 heavy (non-hydrogen) atoms. The third-order valence-corrected chi connectivity index (χ3v) is 10.1. The number of hydrogen-bond donors (Lipinski definition) is 0. The second kappa shape index (κ2) is 11.4. The lowest BCUT2D eigenvalue weighted by molar-refractivity contribution is -0.132. The summed E-state index contributed by atoms with van der Waals surface area (Å²) in [6.07, 6.45) is 7.31. The van der Waals surface area contributed by atoms with Gasteiger partial charge < -0.3 is 4.90 Å². The average molecular weight is 679 g/mol. The van der Waals surface area contributed by atoms with E-state index < -0.39 is 15.6 Å². The molecule has 5 rings (SSSR count). The van der Waals surface area contributed by atoms with Crippen LogP contribution in [-0.2, 0) is 31.6 Å². The van der Waals surface area contributed by atoms with E-state index in [-0.39, 0.29) is 61.8 Å². The summed E-state index contributed by atoms with van der Waals surface area (Å²) in [6.45, 7) is 2.40. The van der Waals surface area contributed by atoms with Crippen molar-refractivity contribution in [2.75, 3.05) is 31.1 Å². The number of imidazole rings is 1. The minimum atomic E-state index is -4.10. The Labute approximate surface area is 257 Å². The molecule has 1 saturated heterocycles. The van der Waals surface area contributed by atoms with Gasteiger partial charge in [0.05, 0.1) is 11.9 Å². The number of carbonyl (C=O) groups is 2. The van der Waals surface area contributed by atoms with Crippen LogP contribution in [0.1, 0.15) is 25.3 Å². The van der Waals surface area contributed by atoms with Gasteiger partial charge in [0.15, 0.2) is 5.03 Å². The van der Waals surface area contributed by atoms with Crippen molar-refractivity contribution in [1.29, 1.82) is 0 Å². The lowest BCUT2D eigenvalue weighted by atomic mass is 9.92. The molecule has 0 N–H and O–H groups in total. The molecule has 3 aromatic rings. The average Bonchev–Trinajstić information content (AvgIpc) is 3.46. The summed E-state index contributed by atoms with van der Waals surface area (Å²) in [7, 11) is -4.10. The molecule has 3 heterocycles. The summed E-state index contributed by atoms with van der Waals surface area (Å²) in [4.78, 5) is 34.0. The third-order valence-electron chi connectivity index (χ3n) is 7.31. The Bertz CT molecular complexity index is 1640. The maximum Gasteiger partial charge on any atom is 0.260 e. The number of piperazine rings is 1. The first-order valence-electron chi connectivity index (χ1n) is 12.8. The highest BCUT2D eigenvalue weighted by molar-refractivity contribution is 9.10. The van der Waals surface area contributed by atoms with E-state index in [0.29, 0.717) is 22.2 Å². The largest absolute Gasteiger partial charge is 0.340 e. The fourth-order valence-electron chi connectivity index (χ4n) is 5.26. The predicted molar refractivity (Wildman–Crippen MR) is 161 cm³/mol. The zero-order chi connectivity index (χ0) is 29.5. The Kier molecular flexibility index (Phi) is 8.25. The molecule has 1 atom stereocenters. The number of sulfonamides is 1. The van der Waals surface area contributed by atoms with E-state index in [1.54, 1.807) is 30.0 Å². The van der Waals surface area contributed by atoms with Crippen molar-refractivity contribution in [3.05, 3.63) is 68.7 Å². The van der Waals surface area contributed by atoms with Crippen LogP contribution in [0.4, 0.5) is 11.6 Å². The quantitative estimate of drug-likeness (QED) is 0.334. The minimum absolute atomic E-state index is 0.103. The van der Waals surface area contributed by atoms with E-state index in [4.69, 9.17) is 29.6 Å². The van der Waals surface area contributed by atoms with Crippen molar-refractivity contribution in [3.8, 4) is 12.3 Å². The first-order valence-corrected chi connectivity index (χ1v) is 15.8. The molecule has 0 bridgehead atoms. The van der Waals surface area contributed by atoms with E-state index in [1.165, 1.54) is 20.0 Å². The van der Waals surface area contributed by atoms with Gasteiger partial charge in [-0.1, -0.05) is 51.3 Å². The maximum atomic E-state index is 14.2. The molecule has 1 unspecified atom stereocenters. The molecule has 2 aromatic carbocycles. The SMILES string of the molecule is C#CCCC(=O)N1CCN(S(=O)(=O)c2cnc3n2C(C)(Cc2ccc(Br)cc2)C(=O)N3c2cc(Cl)cc(Cl)c2)CC1. The highest BCUT2D eigenvalue weighted by Gasteiger charge is 2.52. The van der Waals surface area contributed by atoms with E-state index in [2.05, 4.69) is 26.8 Å². The van der Waals surface area contributed by atoms with Gasteiger partial charge in [0.1, 0.15) is 5.54 Å². The first-order chi connectivity index (χ1) is 19.5. The number of carbonyl (C=O) groups excluding carboxylic acids is 2. The number of rotatable bonds is 7. The van der Waals surface area contributed by atoms with Gasteiger partial charge in [-0.15, -0.1) is 12.3 Å². The first kappa shape index (κ1) is 29.6. The number of aromatic nitrogens is 2. The van der Waals surface area contributed by atoms with Gasteiger partial charge in [-0.2, -0.15) is 4.31 Å². The Morgan fingerprint density at radius 3 is 2.34 bits per heavy atom. The van der Waals surface area contributed by atoms with Gasteiger partial charge in [0.2, 0.25) is 11.9 Å². The highest BCUT2D eigenvalue weighted by atomic mass is 79.9. The van der Waals surface area contributed by atoms with Crippen molar-refractivity contribution in [3.63, 3.8) is 0 Å². The molecule has 9 nitrogen and oxygen atoms in total. The van der Waals surface area contributed by atoms with Crippen LogP contribution in [0.25, 0.3) is 0 Å². The fourth-order valence-corrected chi connectivity index (χ4v) is 7.65. The Balaban J connectivity index is 1.55. The summed E-state index contributed by atoms with van der Waals surface area (Å²) >= 11 is 16.0. The van der Waals surface area contributed by atoms with Crippen molar-refractivity contribution >= 4 is 72.6 Å². The van der Waals surface area contributed by atoms with Gasteiger partial charge in [-0.05, 0) is 42.8 Å². The van der Waals surface area contributed by atoms with Gasteiger partial charge in [-0.3, -0.25) is 14.2 Å². The fraction of sp³-hybridized carbons (Fsp3) is 0.321. The van der Waals surface area contributed by atoms with Crippen LogP contribution in [0.3, 0.4) is 0 Å². The minimum Gasteiger partial charge on any atom is -0.340 e. The van der Waals surface area contributed by atoms with Crippen LogP contribution < -0.4 is 4.90 Å². The van der Waals surface area contributed by atoms with E-state index in [9.17, 15) is 18.0 Å². The topological polar surface area (TPSA) is 95.8 Å². The molecule has 1 fully saturated rings. The maximum absolute atomic E-state index is 14.2. The Hall–Kier alpha value is -2.88. The molecule has 214 valence electrons. The van der Waals surface area contributed by atoms with Crippen LogP contribution >= 0.6 is 39.1 Å². The number of terminal acetylenes is 1. The molecule has 13 heteroatoms. The van der Waals surface area contributed by atoms with Gasteiger partial charge in [0, 0.05) is 60.0 Å². The molecule has 0 radical (unpaired) electrons. The molecule has 2 aliphatic heterocycles. The molecule has 2 amide bonds. The summed E-state index contributed by atoms with van der Waals surface area (Å²) in [6, 6.07) is 12.2.